The third-order valence-corrected chi connectivity index (χ3v) is 3.58. The molecule has 1 aliphatic rings. The van der Waals surface area contributed by atoms with E-state index in [1.54, 1.807) is 7.11 Å². The maximum Gasteiger partial charge on any atom is 0.148 e. The van der Waals surface area contributed by atoms with Crippen molar-refractivity contribution in [2.24, 2.45) is 0 Å². The van der Waals surface area contributed by atoms with Gasteiger partial charge in [0.25, 0.3) is 0 Å². The van der Waals surface area contributed by atoms with E-state index >= 15 is 0 Å². The average molecular weight is 259 g/mol. The lowest BCUT2D eigenvalue weighted by molar-refractivity contribution is 0.107. The van der Waals surface area contributed by atoms with Gasteiger partial charge in [0.1, 0.15) is 12.4 Å². The summed E-state index contributed by atoms with van der Waals surface area (Å²) in [6, 6.07) is 8.55. The number of hydrogen-bond acceptors (Lipinski definition) is 3. The number of para-hydroxylation sites is 1. The maximum atomic E-state index is 5.54. The van der Waals surface area contributed by atoms with Gasteiger partial charge in [0.05, 0.1) is 6.10 Å². The Hall–Kier alpha value is -1.50. The third-order valence-electron chi connectivity index (χ3n) is 3.58. The highest BCUT2D eigenvalue weighted by molar-refractivity contribution is 5.33. The molecule has 1 aromatic rings. The number of benzene rings is 1. The zero-order valence-corrected chi connectivity index (χ0v) is 11.4. The van der Waals surface area contributed by atoms with Crippen LogP contribution in [0, 0.1) is 12.3 Å². The van der Waals surface area contributed by atoms with Crippen LogP contribution < -0.4 is 10.1 Å². The molecule has 1 saturated carbocycles. The first-order chi connectivity index (χ1) is 9.33. The van der Waals surface area contributed by atoms with Crippen LogP contribution in [0.25, 0.3) is 0 Å². The third kappa shape index (κ3) is 3.99. The van der Waals surface area contributed by atoms with Crippen molar-refractivity contribution >= 4 is 0 Å². The van der Waals surface area contributed by atoms with Crippen molar-refractivity contribution in [2.45, 2.75) is 38.0 Å². The molecule has 0 heterocycles. The molecule has 2 rings (SSSR count). The summed E-state index contributed by atoms with van der Waals surface area (Å²) in [5, 5.41) is 3.57. The van der Waals surface area contributed by atoms with Crippen molar-refractivity contribution in [1.29, 1.82) is 0 Å². The first-order valence-electron chi connectivity index (χ1n) is 6.74. The molecule has 2 atom stereocenters. The van der Waals surface area contributed by atoms with Crippen LogP contribution in [-0.4, -0.2) is 25.9 Å². The van der Waals surface area contributed by atoms with Crippen molar-refractivity contribution < 1.29 is 9.47 Å². The van der Waals surface area contributed by atoms with Gasteiger partial charge in [0.15, 0.2) is 0 Å². The van der Waals surface area contributed by atoms with Gasteiger partial charge in [0.2, 0.25) is 0 Å². The smallest absolute Gasteiger partial charge is 0.148 e. The lowest BCUT2D eigenvalue weighted by Crippen LogP contribution is -2.26. The molecule has 0 spiro atoms. The van der Waals surface area contributed by atoms with Crippen molar-refractivity contribution in [1.82, 2.24) is 5.32 Å². The van der Waals surface area contributed by atoms with Crippen LogP contribution in [0.2, 0.25) is 0 Å². The van der Waals surface area contributed by atoms with Crippen LogP contribution in [0.1, 0.15) is 24.8 Å². The van der Waals surface area contributed by atoms with Crippen LogP contribution >= 0.6 is 0 Å². The molecule has 1 N–H and O–H groups in total. The van der Waals surface area contributed by atoms with Crippen LogP contribution in [-0.2, 0) is 11.3 Å². The van der Waals surface area contributed by atoms with E-state index in [2.05, 4.69) is 17.3 Å². The normalized spacial score (nSPS) is 22.1. The molecule has 3 nitrogen and oxygen atoms in total. The number of rotatable bonds is 6. The van der Waals surface area contributed by atoms with Gasteiger partial charge in [-0.1, -0.05) is 24.1 Å². The second kappa shape index (κ2) is 7.18. The van der Waals surface area contributed by atoms with Crippen LogP contribution in [0.15, 0.2) is 24.3 Å². The molecule has 0 amide bonds. The van der Waals surface area contributed by atoms with E-state index in [0.717, 1.165) is 30.7 Å². The van der Waals surface area contributed by atoms with E-state index in [0.29, 0.717) is 18.8 Å². The largest absolute Gasteiger partial charge is 0.481 e. The lowest BCUT2D eigenvalue weighted by Gasteiger charge is -2.15. The Morgan fingerprint density at radius 3 is 2.95 bits per heavy atom. The number of terminal acetylenes is 1. The van der Waals surface area contributed by atoms with E-state index in [1.807, 2.05) is 18.2 Å². The van der Waals surface area contributed by atoms with Gasteiger partial charge in [-0.2, -0.15) is 0 Å². The first kappa shape index (κ1) is 13.9. The van der Waals surface area contributed by atoms with Gasteiger partial charge in [-0.25, -0.2) is 0 Å². The minimum atomic E-state index is 0.312. The predicted molar refractivity (Wildman–Crippen MR) is 76.0 cm³/mol. The van der Waals surface area contributed by atoms with Gasteiger partial charge in [0, 0.05) is 25.3 Å². The molecule has 3 heteroatoms. The second-order valence-electron chi connectivity index (χ2n) is 4.85. The Bertz CT molecular complexity index is 439. The van der Waals surface area contributed by atoms with E-state index in [4.69, 9.17) is 15.9 Å². The zero-order chi connectivity index (χ0) is 13.5. The maximum absolute atomic E-state index is 5.54. The topological polar surface area (TPSA) is 30.5 Å². The van der Waals surface area contributed by atoms with Crippen molar-refractivity contribution in [3.63, 3.8) is 0 Å². The van der Waals surface area contributed by atoms with Crippen molar-refractivity contribution in [3.8, 4) is 18.1 Å². The predicted octanol–water partition coefficient (Wildman–Crippen LogP) is 2.36. The zero-order valence-electron chi connectivity index (χ0n) is 11.4. The van der Waals surface area contributed by atoms with E-state index in [1.165, 1.54) is 6.42 Å². The number of hydrogen-bond donors (Lipinski definition) is 1. The summed E-state index contributed by atoms with van der Waals surface area (Å²) in [6.07, 6.45) is 9.04. The summed E-state index contributed by atoms with van der Waals surface area (Å²) < 4.78 is 10.9. The first-order valence-corrected chi connectivity index (χ1v) is 6.74. The monoisotopic (exact) mass is 259 g/mol. The quantitative estimate of drug-likeness (QED) is 0.796. The van der Waals surface area contributed by atoms with Crippen LogP contribution in [0.3, 0.4) is 0 Å². The highest BCUT2D eigenvalue weighted by Gasteiger charge is 2.23. The number of methoxy groups -OCH3 is 1. The van der Waals surface area contributed by atoms with Crippen molar-refractivity contribution in [3.05, 3.63) is 29.8 Å². The van der Waals surface area contributed by atoms with Gasteiger partial charge in [-0.05, 0) is 25.3 Å². The number of nitrogens with one attached hydrogen (secondary N) is 1. The summed E-state index contributed by atoms with van der Waals surface area (Å²) >= 11 is 0. The molecule has 0 aromatic heterocycles. The van der Waals surface area contributed by atoms with Gasteiger partial charge in [-0.3, -0.25) is 0 Å². The fourth-order valence-corrected chi connectivity index (χ4v) is 2.50. The summed E-state index contributed by atoms with van der Waals surface area (Å²) in [6.45, 7) is 1.12. The molecule has 0 aliphatic heterocycles. The van der Waals surface area contributed by atoms with Gasteiger partial charge < -0.3 is 14.8 Å². The fraction of sp³-hybridized carbons (Fsp3) is 0.500. The molecule has 19 heavy (non-hydrogen) atoms. The highest BCUT2D eigenvalue weighted by Crippen LogP contribution is 2.23. The molecule has 0 bridgehead atoms. The molecule has 0 radical (unpaired) electrons. The number of ether oxygens (including phenoxy) is 2. The molecule has 0 saturated heterocycles. The lowest BCUT2D eigenvalue weighted by atomic mass is 10.1. The highest BCUT2D eigenvalue weighted by atomic mass is 16.5. The Morgan fingerprint density at radius 2 is 2.21 bits per heavy atom. The molecule has 1 aromatic carbocycles. The fourth-order valence-electron chi connectivity index (χ4n) is 2.50. The van der Waals surface area contributed by atoms with Gasteiger partial charge in [-0.15, -0.1) is 6.42 Å². The second-order valence-corrected chi connectivity index (χ2v) is 4.85. The average Bonchev–Trinajstić information content (AvgIpc) is 2.91. The van der Waals surface area contributed by atoms with Gasteiger partial charge >= 0.3 is 0 Å². The molecular weight excluding hydrogens is 238 g/mol. The summed E-state index contributed by atoms with van der Waals surface area (Å²) in [4.78, 5) is 0. The molecule has 1 fully saturated rings. The summed E-state index contributed by atoms with van der Waals surface area (Å²) in [5.74, 6) is 3.36. The van der Waals surface area contributed by atoms with Crippen molar-refractivity contribution in [2.75, 3.05) is 13.7 Å². The SMILES string of the molecule is C#CCOc1ccccc1CNC1CCC(OC)C1. The Balaban J connectivity index is 1.87. The minimum Gasteiger partial charge on any atom is -0.481 e. The molecule has 2 unspecified atom stereocenters. The van der Waals surface area contributed by atoms with Crippen LogP contribution in [0.5, 0.6) is 5.75 Å². The Kier molecular flexibility index (Phi) is 5.26. The standard InChI is InChI=1S/C16H21NO2/c1-3-10-19-16-7-5-4-6-13(16)12-17-14-8-9-15(11-14)18-2/h1,4-7,14-15,17H,8-12H2,2H3. The van der Waals surface area contributed by atoms with Crippen LogP contribution in [0.4, 0.5) is 0 Å². The molecule has 1 aliphatic carbocycles. The minimum absolute atomic E-state index is 0.312. The Morgan fingerprint density at radius 1 is 1.37 bits per heavy atom. The summed E-state index contributed by atoms with van der Waals surface area (Å²) in [5.41, 5.74) is 1.15. The summed E-state index contributed by atoms with van der Waals surface area (Å²) in [7, 11) is 1.79. The van der Waals surface area contributed by atoms with E-state index < -0.39 is 0 Å². The van der Waals surface area contributed by atoms with E-state index in [9.17, 15) is 0 Å². The molecule has 102 valence electrons. The Labute approximate surface area is 115 Å². The molecular formula is C16H21NO2. The van der Waals surface area contributed by atoms with E-state index in [-0.39, 0.29) is 0 Å².